The number of cyclic esters (lactones) is 1. The fraction of sp³-hybridized carbons (Fsp3) is 0.812. The van der Waals surface area contributed by atoms with Crippen LogP contribution in [0.4, 0.5) is 0 Å². The van der Waals surface area contributed by atoms with Crippen molar-refractivity contribution in [3.63, 3.8) is 0 Å². The Morgan fingerprint density at radius 1 is 1.20 bits per heavy atom. The van der Waals surface area contributed by atoms with Crippen LogP contribution in [0.25, 0.3) is 0 Å². The molecule has 4 heteroatoms. The van der Waals surface area contributed by atoms with Gasteiger partial charge in [-0.25, -0.2) is 4.79 Å². The molecule has 0 N–H and O–H groups in total. The van der Waals surface area contributed by atoms with Crippen molar-refractivity contribution >= 4 is 5.97 Å². The standard InChI is InChI=1S/C16H28O4/c1-10(2)14(18-6)11(3)15(19-7)16(4,5)12-8-9-13(17)20-12/h8-12,14-15H,1-7H3/t11-,12-,14-,15-/m0/s1. The van der Waals surface area contributed by atoms with Gasteiger partial charge in [0.1, 0.15) is 6.10 Å². The summed E-state index contributed by atoms with van der Waals surface area (Å²) in [5, 5.41) is 0. The van der Waals surface area contributed by atoms with Crippen LogP contribution in [0, 0.1) is 17.3 Å². The Hall–Kier alpha value is -0.870. The van der Waals surface area contributed by atoms with Crippen molar-refractivity contribution in [2.75, 3.05) is 14.2 Å². The second-order valence-corrected chi connectivity index (χ2v) is 6.50. The maximum Gasteiger partial charge on any atom is 0.331 e. The van der Waals surface area contributed by atoms with Crippen LogP contribution in [0.5, 0.6) is 0 Å². The van der Waals surface area contributed by atoms with Gasteiger partial charge in [0.2, 0.25) is 0 Å². The van der Waals surface area contributed by atoms with Gasteiger partial charge in [0, 0.05) is 31.6 Å². The molecule has 0 radical (unpaired) electrons. The van der Waals surface area contributed by atoms with Crippen molar-refractivity contribution in [2.24, 2.45) is 17.3 Å². The van der Waals surface area contributed by atoms with Gasteiger partial charge in [-0.05, 0) is 12.0 Å². The van der Waals surface area contributed by atoms with Gasteiger partial charge in [0.05, 0.1) is 12.2 Å². The first kappa shape index (κ1) is 17.2. The maximum absolute atomic E-state index is 11.3. The molecular formula is C16H28O4. The van der Waals surface area contributed by atoms with Gasteiger partial charge >= 0.3 is 5.97 Å². The summed E-state index contributed by atoms with van der Waals surface area (Å²) in [5.74, 6) is 0.301. The van der Waals surface area contributed by atoms with Crippen LogP contribution >= 0.6 is 0 Å². The molecule has 4 nitrogen and oxygen atoms in total. The van der Waals surface area contributed by atoms with Crippen molar-refractivity contribution in [3.05, 3.63) is 12.2 Å². The number of carbonyl (C=O) groups excluding carboxylic acids is 1. The minimum atomic E-state index is -0.317. The van der Waals surface area contributed by atoms with Crippen LogP contribution in [0.3, 0.4) is 0 Å². The van der Waals surface area contributed by atoms with E-state index in [1.165, 1.54) is 6.08 Å². The van der Waals surface area contributed by atoms with Crippen LogP contribution in [0.2, 0.25) is 0 Å². The first-order valence-corrected chi connectivity index (χ1v) is 7.20. The van der Waals surface area contributed by atoms with Gasteiger partial charge < -0.3 is 14.2 Å². The summed E-state index contributed by atoms with van der Waals surface area (Å²) in [7, 11) is 3.44. The zero-order valence-corrected chi connectivity index (χ0v) is 13.7. The van der Waals surface area contributed by atoms with Crippen molar-refractivity contribution in [1.29, 1.82) is 0 Å². The third-order valence-corrected chi connectivity index (χ3v) is 4.30. The Kier molecular flexibility index (Phi) is 5.78. The summed E-state index contributed by atoms with van der Waals surface area (Å²) in [5.41, 5.74) is -0.317. The molecule has 0 aromatic carbocycles. The number of rotatable bonds is 7. The van der Waals surface area contributed by atoms with E-state index in [1.54, 1.807) is 14.2 Å². The molecule has 0 bridgehead atoms. The molecule has 0 saturated carbocycles. The lowest BCUT2D eigenvalue weighted by Gasteiger charge is -2.42. The molecule has 0 spiro atoms. The maximum atomic E-state index is 11.3. The van der Waals surface area contributed by atoms with Crippen LogP contribution < -0.4 is 0 Å². The van der Waals surface area contributed by atoms with Crippen LogP contribution in [-0.4, -0.2) is 38.5 Å². The Morgan fingerprint density at radius 3 is 2.15 bits per heavy atom. The highest BCUT2D eigenvalue weighted by atomic mass is 16.6. The largest absolute Gasteiger partial charge is 0.454 e. The van der Waals surface area contributed by atoms with Crippen molar-refractivity contribution < 1.29 is 19.0 Å². The fourth-order valence-electron chi connectivity index (χ4n) is 3.39. The van der Waals surface area contributed by atoms with Crippen molar-refractivity contribution in [1.82, 2.24) is 0 Å². The molecule has 4 atom stereocenters. The number of carbonyl (C=O) groups is 1. The van der Waals surface area contributed by atoms with E-state index in [2.05, 4.69) is 34.6 Å². The molecule has 0 saturated heterocycles. The van der Waals surface area contributed by atoms with Crippen LogP contribution in [-0.2, 0) is 19.0 Å². The minimum Gasteiger partial charge on any atom is -0.454 e. The number of ether oxygens (including phenoxy) is 3. The highest BCUT2D eigenvalue weighted by Crippen LogP contribution is 2.38. The quantitative estimate of drug-likeness (QED) is 0.674. The fourth-order valence-corrected chi connectivity index (χ4v) is 3.39. The summed E-state index contributed by atoms with van der Waals surface area (Å²) < 4.78 is 16.7. The summed E-state index contributed by atoms with van der Waals surface area (Å²) in [6.45, 7) is 10.5. The zero-order chi connectivity index (χ0) is 15.5. The second-order valence-electron chi connectivity index (χ2n) is 6.50. The summed E-state index contributed by atoms with van der Waals surface area (Å²) in [6.07, 6.45) is 3.07. The lowest BCUT2D eigenvalue weighted by Crippen LogP contribution is -2.49. The lowest BCUT2D eigenvalue weighted by atomic mass is 9.72. The molecule has 20 heavy (non-hydrogen) atoms. The second kappa shape index (κ2) is 6.72. The molecule has 0 aliphatic carbocycles. The molecule has 1 heterocycles. The predicted molar refractivity (Wildman–Crippen MR) is 78.4 cm³/mol. The summed E-state index contributed by atoms with van der Waals surface area (Å²) >= 11 is 0. The van der Waals surface area contributed by atoms with Gasteiger partial charge in [-0.3, -0.25) is 0 Å². The Balaban J connectivity index is 2.93. The van der Waals surface area contributed by atoms with E-state index >= 15 is 0 Å². The molecule has 0 aromatic heterocycles. The Labute approximate surface area is 122 Å². The smallest absolute Gasteiger partial charge is 0.331 e. The third-order valence-electron chi connectivity index (χ3n) is 4.30. The van der Waals surface area contributed by atoms with E-state index in [9.17, 15) is 4.79 Å². The van der Waals surface area contributed by atoms with Crippen LogP contribution in [0.1, 0.15) is 34.6 Å². The Morgan fingerprint density at radius 2 is 1.80 bits per heavy atom. The number of methoxy groups -OCH3 is 2. The lowest BCUT2D eigenvalue weighted by molar-refractivity contribution is -0.154. The topological polar surface area (TPSA) is 44.8 Å². The molecule has 0 amide bonds. The summed E-state index contributed by atoms with van der Waals surface area (Å²) in [4.78, 5) is 11.3. The first-order valence-electron chi connectivity index (χ1n) is 7.20. The van der Waals surface area contributed by atoms with Gasteiger partial charge in [-0.2, -0.15) is 0 Å². The SMILES string of the molecule is CO[C@@H](C(C)C)[C@H](C)[C@H](OC)C(C)(C)[C@@H]1C=CC(=O)O1. The summed E-state index contributed by atoms with van der Waals surface area (Å²) in [6, 6.07) is 0. The number of hydrogen-bond donors (Lipinski definition) is 0. The first-order chi connectivity index (χ1) is 9.25. The van der Waals surface area contributed by atoms with E-state index in [4.69, 9.17) is 14.2 Å². The third kappa shape index (κ3) is 3.41. The molecule has 1 aliphatic rings. The van der Waals surface area contributed by atoms with Crippen molar-refractivity contribution in [2.45, 2.75) is 52.9 Å². The van der Waals surface area contributed by atoms with Gasteiger partial charge in [0.25, 0.3) is 0 Å². The predicted octanol–water partition coefficient (Wildman–Crippen LogP) is 2.82. The molecule has 0 fully saturated rings. The van der Waals surface area contributed by atoms with Crippen molar-refractivity contribution in [3.8, 4) is 0 Å². The van der Waals surface area contributed by atoms with E-state index in [0.717, 1.165) is 0 Å². The van der Waals surface area contributed by atoms with Gasteiger partial charge in [0.15, 0.2) is 0 Å². The normalized spacial score (nSPS) is 23.8. The van der Waals surface area contributed by atoms with Crippen LogP contribution in [0.15, 0.2) is 12.2 Å². The van der Waals surface area contributed by atoms with E-state index in [1.807, 2.05) is 6.08 Å². The number of esters is 1. The molecule has 0 aromatic rings. The highest BCUT2D eigenvalue weighted by molar-refractivity contribution is 5.84. The molecule has 1 rings (SSSR count). The number of hydrogen-bond acceptors (Lipinski definition) is 4. The van der Waals surface area contributed by atoms with E-state index in [-0.39, 0.29) is 35.6 Å². The zero-order valence-electron chi connectivity index (χ0n) is 13.7. The molecule has 116 valence electrons. The highest BCUT2D eigenvalue weighted by Gasteiger charge is 2.45. The molecule has 1 aliphatic heterocycles. The molecule has 0 unspecified atom stereocenters. The van der Waals surface area contributed by atoms with Gasteiger partial charge in [-0.1, -0.05) is 34.6 Å². The average molecular weight is 284 g/mol. The van der Waals surface area contributed by atoms with E-state index in [0.29, 0.717) is 5.92 Å². The average Bonchev–Trinajstić information content (AvgIpc) is 2.77. The molecular weight excluding hydrogens is 256 g/mol. The monoisotopic (exact) mass is 284 g/mol. The minimum absolute atomic E-state index is 0.0737. The van der Waals surface area contributed by atoms with E-state index < -0.39 is 0 Å². The Bertz CT molecular complexity index is 359. The van der Waals surface area contributed by atoms with Gasteiger partial charge in [-0.15, -0.1) is 0 Å².